The van der Waals surface area contributed by atoms with Crippen molar-refractivity contribution in [2.24, 2.45) is 0 Å². The number of nitrogens with zero attached hydrogens (tertiary/aromatic N) is 2. The first kappa shape index (κ1) is 17.7. The maximum absolute atomic E-state index is 12.2. The van der Waals surface area contributed by atoms with Crippen LogP contribution < -0.4 is 10.2 Å². The lowest BCUT2D eigenvalue weighted by atomic mass is 10.2. The zero-order chi connectivity index (χ0) is 18.8. The number of nitrogens with one attached hydrogen (secondary N) is 1. The van der Waals surface area contributed by atoms with Gasteiger partial charge in [0.15, 0.2) is 0 Å². The van der Waals surface area contributed by atoms with Crippen molar-refractivity contribution in [1.29, 1.82) is 0 Å². The molecule has 6 heteroatoms. The molecule has 138 valence electrons. The van der Waals surface area contributed by atoms with Crippen molar-refractivity contribution < 1.29 is 9.21 Å². The molecule has 4 rings (SSSR count). The number of aromatic nitrogens is 1. The average molecular weight is 379 g/mol. The van der Waals surface area contributed by atoms with Crippen LogP contribution in [-0.2, 0) is 11.2 Å². The normalized spacial score (nSPS) is 12.9. The maximum atomic E-state index is 12.2. The summed E-state index contributed by atoms with van der Waals surface area (Å²) in [7, 11) is 0. The summed E-state index contributed by atoms with van der Waals surface area (Å²) in [5.74, 6) is 0.977. The van der Waals surface area contributed by atoms with Crippen molar-refractivity contribution in [3.05, 3.63) is 65.5 Å². The zero-order valence-electron chi connectivity index (χ0n) is 15.4. The Morgan fingerprint density at radius 3 is 2.70 bits per heavy atom. The molecule has 1 amide bonds. The Bertz CT molecular complexity index is 946. The van der Waals surface area contributed by atoms with Crippen LogP contribution in [0.25, 0.3) is 0 Å². The number of hydrogen-bond acceptors (Lipinski definition) is 5. The Balaban J connectivity index is 1.36. The molecular weight excluding hydrogens is 358 g/mol. The van der Waals surface area contributed by atoms with Crippen LogP contribution in [-0.4, -0.2) is 23.2 Å². The first-order chi connectivity index (χ1) is 13.1. The van der Waals surface area contributed by atoms with Gasteiger partial charge >= 0.3 is 0 Å². The second-order valence-electron chi connectivity index (χ2n) is 6.54. The SMILES string of the molecule is Cc1nc(SCC(=O)Nc2ccc(N3CCc4ccccc43)cc2)oc1C. The van der Waals surface area contributed by atoms with Gasteiger partial charge in [-0.3, -0.25) is 4.79 Å². The van der Waals surface area contributed by atoms with Crippen LogP contribution in [0.4, 0.5) is 17.1 Å². The molecule has 2 aromatic carbocycles. The lowest BCUT2D eigenvalue weighted by Crippen LogP contribution is -2.15. The van der Waals surface area contributed by atoms with Crippen molar-refractivity contribution in [2.75, 3.05) is 22.5 Å². The van der Waals surface area contributed by atoms with E-state index in [9.17, 15) is 4.79 Å². The highest BCUT2D eigenvalue weighted by atomic mass is 32.2. The van der Waals surface area contributed by atoms with Gasteiger partial charge in [-0.05, 0) is 56.2 Å². The van der Waals surface area contributed by atoms with Crippen LogP contribution in [0.2, 0.25) is 0 Å². The van der Waals surface area contributed by atoms with E-state index >= 15 is 0 Å². The first-order valence-electron chi connectivity index (χ1n) is 8.92. The van der Waals surface area contributed by atoms with Crippen LogP contribution >= 0.6 is 11.8 Å². The summed E-state index contributed by atoms with van der Waals surface area (Å²) in [5, 5.41) is 3.45. The van der Waals surface area contributed by atoms with Gasteiger partial charge in [0.25, 0.3) is 5.22 Å². The number of anilines is 3. The molecule has 0 radical (unpaired) electrons. The van der Waals surface area contributed by atoms with Crippen molar-refractivity contribution in [3.8, 4) is 0 Å². The highest BCUT2D eigenvalue weighted by Crippen LogP contribution is 2.34. The van der Waals surface area contributed by atoms with Gasteiger partial charge in [0.1, 0.15) is 5.76 Å². The molecule has 3 aromatic rings. The molecule has 0 saturated heterocycles. The lowest BCUT2D eigenvalue weighted by Gasteiger charge is -2.20. The first-order valence-corrected chi connectivity index (χ1v) is 9.91. The lowest BCUT2D eigenvalue weighted by molar-refractivity contribution is -0.113. The largest absolute Gasteiger partial charge is 0.437 e. The molecular formula is C21H21N3O2S. The molecule has 1 aliphatic heterocycles. The molecule has 27 heavy (non-hydrogen) atoms. The third-order valence-electron chi connectivity index (χ3n) is 4.69. The Hall–Kier alpha value is -2.73. The van der Waals surface area contributed by atoms with Crippen LogP contribution in [0.1, 0.15) is 17.0 Å². The monoisotopic (exact) mass is 379 g/mol. The number of hydrogen-bond donors (Lipinski definition) is 1. The summed E-state index contributed by atoms with van der Waals surface area (Å²) in [6.45, 7) is 4.74. The number of thioether (sulfide) groups is 1. The predicted octanol–water partition coefficient (Wildman–Crippen LogP) is 4.72. The van der Waals surface area contributed by atoms with Gasteiger partial charge in [-0.25, -0.2) is 4.98 Å². The van der Waals surface area contributed by atoms with E-state index in [-0.39, 0.29) is 11.7 Å². The molecule has 0 unspecified atom stereocenters. The third kappa shape index (κ3) is 3.85. The number of benzene rings is 2. The van der Waals surface area contributed by atoms with E-state index in [0.717, 1.165) is 35.8 Å². The summed E-state index contributed by atoms with van der Waals surface area (Å²) in [5.41, 5.74) is 5.43. The van der Waals surface area contributed by atoms with Crippen LogP contribution in [0, 0.1) is 13.8 Å². The number of amides is 1. The zero-order valence-corrected chi connectivity index (χ0v) is 16.2. The van der Waals surface area contributed by atoms with Crippen molar-refractivity contribution in [1.82, 2.24) is 4.98 Å². The molecule has 1 aromatic heterocycles. The summed E-state index contributed by atoms with van der Waals surface area (Å²) in [6.07, 6.45) is 1.06. The number of aryl methyl sites for hydroxylation is 2. The Morgan fingerprint density at radius 1 is 1.19 bits per heavy atom. The Labute approximate surface area is 162 Å². The molecule has 0 bridgehead atoms. The van der Waals surface area contributed by atoms with Crippen LogP contribution in [0.3, 0.4) is 0 Å². The van der Waals surface area contributed by atoms with E-state index in [1.165, 1.54) is 23.0 Å². The second-order valence-corrected chi connectivity index (χ2v) is 7.46. The second kappa shape index (κ2) is 7.48. The molecule has 1 aliphatic rings. The van der Waals surface area contributed by atoms with Gasteiger partial charge in [0, 0.05) is 23.6 Å². The topological polar surface area (TPSA) is 58.4 Å². The number of fused-ring (bicyclic) bond motifs is 1. The minimum Gasteiger partial charge on any atom is -0.437 e. The molecule has 1 N–H and O–H groups in total. The Morgan fingerprint density at radius 2 is 1.96 bits per heavy atom. The van der Waals surface area contributed by atoms with Gasteiger partial charge in [-0.2, -0.15) is 0 Å². The number of rotatable bonds is 5. The average Bonchev–Trinajstić information content (AvgIpc) is 3.24. The van der Waals surface area contributed by atoms with Crippen LogP contribution in [0.15, 0.2) is 58.2 Å². The number of carbonyl (C=O) groups is 1. The molecule has 0 spiro atoms. The van der Waals surface area contributed by atoms with Crippen molar-refractivity contribution in [2.45, 2.75) is 25.5 Å². The highest BCUT2D eigenvalue weighted by Gasteiger charge is 2.19. The molecule has 0 atom stereocenters. The standard InChI is InChI=1S/C21H21N3O2S/c1-14-15(2)26-21(22-14)27-13-20(25)23-17-7-9-18(10-8-17)24-12-11-16-5-3-4-6-19(16)24/h3-10H,11-13H2,1-2H3,(H,23,25). The molecule has 2 heterocycles. The summed E-state index contributed by atoms with van der Waals surface area (Å²) in [6, 6.07) is 16.5. The smallest absolute Gasteiger partial charge is 0.256 e. The summed E-state index contributed by atoms with van der Waals surface area (Å²) < 4.78 is 5.48. The molecule has 5 nitrogen and oxygen atoms in total. The number of oxazole rings is 1. The van der Waals surface area contributed by atoms with Crippen LogP contribution in [0.5, 0.6) is 0 Å². The minimum atomic E-state index is -0.0761. The Kier molecular flexibility index (Phi) is 4.90. The highest BCUT2D eigenvalue weighted by molar-refractivity contribution is 7.99. The van der Waals surface area contributed by atoms with E-state index < -0.39 is 0 Å². The number of carbonyl (C=O) groups excluding carboxylic acids is 1. The molecule has 0 aliphatic carbocycles. The van der Waals surface area contributed by atoms with E-state index in [0.29, 0.717) is 5.22 Å². The van der Waals surface area contributed by atoms with E-state index in [4.69, 9.17) is 4.42 Å². The van der Waals surface area contributed by atoms with E-state index in [1.807, 2.05) is 38.1 Å². The summed E-state index contributed by atoms with van der Waals surface area (Å²) >= 11 is 1.30. The van der Waals surface area contributed by atoms with Crippen molar-refractivity contribution >= 4 is 34.7 Å². The fraction of sp³-hybridized carbons (Fsp3) is 0.238. The number of para-hydroxylation sites is 1. The maximum Gasteiger partial charge on any atom is 0.256 e. The molecule has 0 fully saturated rings. The van der Waals surface area contributed by atoms with Gasteiger partial charge in [-0.15, -0.1) is 0 Å². The van der Waals surface area contributed by atoms with Gasteiger partial charge in [-0.1, -0.05) is 30.0 Å². The quantitative estimate of drug-likeness (QED) is 0.650. The van der Waals surface area contributed by atoms with Crippen molar-refractivity contribution in [3.63, 3.8) is 0 Å². The third-order valence-corrected chi connectivity index (χ3v) is 5.51. The fourth-order valence-corrected chi connectivity index (χ4v) is 3.87. The fourth-order valence-electron chi connectivity index (χ4n) is 3.16. The molecule has 0 saturated carbocycles. The van der Waals surface area contributed by atoms with E-state index in [2.05, 4.69) is 39.5 Å². The van der Waals surface area contributed by atoms with E-state index in [1.54, 1.807) is 0 Å². The predicted molar refractivity (Wildman–Crippen MR) is 109 cm³/mol. The van der Waals surface area contributed by atoms with Gasteiger partial charge in [0.05, 0.1) is 11.4 Å². The van der Waals surface area contributed by atoms with Gasteiger partial charge < -0.3 is 14.6 Å². The summed E-state index contributed by atoms with van der Waals surface area (Å²) in [4.78, 5) is 18.8. The van der Waals surface area contributed by atoms with Gasteiger partial charge in [0.2, 0.25) is 5.91 Å². The minimum absolute atomic E-state index is 0.0761.